The predicted octanol–water partition coefficient (Wildman–Crippen LogP) is 4.38. The van der Waals surface area contributed by atoms with Gasteiger partial charge in [-0.15, -0.1) is 13.2 Å². The lowest BCUT2D eigenvalue weighted by molar-refractivity contribution is -0.156. The van der Waals surface area contributed by atoms with Gasteiger partial charge >= 0.3 is 0 Å². The minimum absolute atomic E-state index is 0.174. The lowest BCUT2D eigenvalue weighted by Crippen LogP contribution is -2.59. The molecule has 3 aliphatic heterocycles. The van der Waals surface area contributed by atoms with Gasteiger partial charge in [0.05, 0.1) is 30.1 Å². The topological polar surface area (TPSA) is 90.4 Å². The second kappa shape index (κ2) is 13.7. The summed E-state index contributed by atoms with van der Waals surface area (Å²) in [7, 11) is 0. The summed E-state index contributed by atoms with van der Waals surface area (Å²) in [4.78, 5) is 49.1. The molecule has 5 rings (SSSR count). The van der Waals surface area contributed by atoms with Crippen molar-refractivity contribution in [3.8, 4) is 0 Å². The molecule has 3 amide bonds. The van der Waals surface area contributed by atoms with Crippen LogP contribution in [0.3, 0.4) is 0 Å². The normalized spacial score (nSPS) is 27.2. The summed E-state index contributed by atoms with van der Waals surface area (Å²) in [6.07, 6.45) is 6.52. The Labute approximate surface area is 267 Å². The van der Waals surface area contributed by atoms with Crippen molar-refractivity contribution in [1.82, 2.24) is 14.7 Å². The zero-order chi connectivity index (χ0) is 32.2. The van der Waals surface area contributed by atoms with Crippen LogP contribution in [-0.4, -0.2) is 87.1 Å². The maximum absolute atomic E-state index is 14.8. The number of fused-ring (bicyclic) bond motifs is 1. The first-order chi connectivity index (χ1) is 21.7. The van der Waals surface area contributed by atoms with E-state index in [1.807, 2.05) is 67.6 Å². The molecule has 1 N–H and O–H groups in total. The average molecular weight is 614 g/mol. The van der Waals surface area contributed by atoms with Gasteiger partial charge in [0.2, 0.25) is 17.7 Å². The van der Waals surface area contributed by atoms with Crippen LogP contribution in [0.2, 0.25) is 0 Å². The first kappa shape index (κ1) is 32.6. The van der Waals surface area contributed by atoms with Crippen molar-refractivity contribution in [1.29, 1.82) is 0 Å². The molecule has 45 heavy (non-hydrogen) atoms. The van der Waals surface area contributed by atoms with E-state index in [1.165, 1.54) is 0 Å². The highest BCUT2D eigenvalue weighted by molar-refractivity contribution is 5.99. The van der Waals surface area contributed by atoms with E-state index in [2.05, 4.69) is 20.1 Å². The Balaban J connectivity index is 1.57. The molecule has 240 valence electrons. The monoisotopic (exact) mass is 613 g/mol. The number of aliphatic hydroxyl groups excluding tert-OH is 1. The Bertz CT molecular complexity index is 1380. The van der Waals surface area contributed by atoms with Crippen molar-refractivity contribution in [2.75, 3.05) is 26.2 Å². The zero-order valence-corrected chi connectivity index (χ0v) is 26.6. The average Bonchev–Trinajstić information content (AvgIpc) is 3.62. The second-order valence-corrected chi connectivity index (χ2v) is 12.9. The molecule has 0 saturated carbocycles. The van der Waals surface area contributed by atoms with Crippen LogP contribution in [0.25, 0.3) is 0 Å². The molecule has 6 atom stereocenters. The largest absolute Gasteiger partial charge is 0.394 e. The maximum atomic E-state index is 14.8. The molecule has 1 spiro atoms. The van der Waals surface area contributed by atoms with E-state index >= 15 is 0 Å². The summed E-state index contributed by atoms with van der Waals surface area (Å²) in [5, 5.41) is 10.8. The highest BCUT2D eigenvalue weighted by Gasteiger charge is 2.78. The molecule has 8 heteroatoms. The molecule has 3 fully saturated rings. The Morgan fingerprint density at radius 1 is 1.00 bits per heavy atom. The molecule has 0 aliphatic carbocycles. The summed E-state index contributed by atoms with van der Waals surface area (Å²) in [5.74, 6) is -2.30. The predicted molar refractivity (Wildman–Crippen MR) is 174 cm³/mol. The molecule has 2 aromatic rings. The number of ether oxygens (including phenoxy) is 1. The number of nitrogens with zero attached hydrogens (tertiary/aromatic N) is 3. The van der Waals surface area contributed by atoms with Crippen molar-refractivity contribution >= 4 is 17.7 Å². The van der Waals surface area contributed by atoms with Gasteiger partial charge in [0.1, 0.15) is 11.6 Å². The summed E-state index contributed by atoms with van der Waals surface area (Å²) in [6, 6.07) is 17.8. The Hall–Kier alpha value is -3.75. The van der Waals surface area contributed by atoms with Crippen LogP contribution in [0.1, 0.15) is 50.7 Å². The van der Waals surface area contributed by atoms with E-state index in [-0.39, 0.29) is 24.3 Å². The fourth-order valence-electron chi connectivity index (χ4n) is 7.91. The van der Waals surface area contributed by atoms with E-state index in [4.69, 9.17) is 4.74 Å². The number of carbonyl (C=O) groups is 3. The van der Waals surface area contributed by atoms with Crippen LogP contribution >= 0.6 is 0 Å². The fraction of sp³-hybridized carbons (Fsp3) is 0.486. The number of hydrogen-bond donors (Lipinski definition) is 1. The summed E-state index contributed by atoms with van der Waals surface area (Å²) >= 11 is 0. The number of hydrogen-bond acceptors (Lipinski definition) is 5. The van der Waals surface area contributed by atoms with Gasteiger partial charge < -0.3 is 24.5 Å². The van der Waals surface area contributed by atoms with Crippen LogP contribution < -0.4 is 0 Å². The second-order valence-electron chi connectivity index (χ2n) is 12.9. The Morgan fingerprint density at radius 2 is 1.62 bits per heavy atom. The van der Waals surface area contributed by atoms with Gasteiger partial charge in [-0.3, -0.25) is 14.4 Å². The molecule has 3 saturated heterocycles. The molecule has 2 unspecified atom stereocenters. The number of benzene rings is 2. The lowest BCUT2D eigenvalue weighted by Gasteiger charge is -2.39. The van der Waals surface area contributed by atoms with E-state index < -0.39 is 35.1 Å². The molecular formula is C37H47N3O5. The smallest absolute Gasteiger partial charge is 0.248 e. The summed E-state index contributed by atoms with van der Waals surface area (Å²) in [5.41, 5.74) is -0.156. The zero-order valence-electron chi connectivity index (χ0n) is 26.6. The van der Waals surface area contributed by atoms with E-state index in [0.717, 1.165) is 24.0 Å². The first-order valence-corrected chi connectivity index (χ1v) is 16.2. The number of amides is 3. The molecule has 3 aliphatic rings. The lowest BCUT2D eigenvalue weighted by atomic mass is 9.66. The van der Waals surface area contributed by atoms with Gasteiger partial charge in [0.15, 0.2) is 0 Å². The third-order valence-electron chi connectivity index (χ3n) is 9.95. The summed E-state index contributed by atoms with van der Waals surface area (Å²) < 4.78 is 6.90. The number of aliphatic hydroxyl groups is 1. The standard InChI is InChI=1S/C37H47N3O5/c1-5-8-23-38(21-6-2)35(44)32-37-20-19-36(4,45-37)30(33(42)39(22-7-3)25-28-17-13-10-14-18-28)31(37)34(43)40(32)29(26-41)24-27-15-11-9-12-16-27/h6-7,9-18,29-32,41H,2-3,5,8,19-26H2,1,4H3/t29-,30+,31+,32?,36-,37?/m1/s1. The molecular weight excluding hydrogens is 566 g/mol. The van der Waals surface area contributed by atoms with Crippen LogP contribution in [0.15, 0.2) is 86.0 Å². The maximum Gasteiger partial charge on any atom is 0.248 e. The molecule has 0 aromatic heterocycles. The number of rotatable bonds is 15. The minimum Gasteiger partial charge on any atom is -0.394 e. The van der Waals surface area contributed by atoms with Gasteiger partial charge in [-0.05, 0) is 43.7 Å². The molecule has 2 aromatic carbocycles. The SMILES string of the molecule is C=CCN(CCCC)C(=O)C1N([C@@H](CO)Cc2ccccc2)C(=O)[C@@H]2[C@@H](C(=O)N(CC=C)Cc3ccccc3)[C@@]3(C)CCC12O3. The molecule has 3 heterocycles. The van der Waals surface area contributed by atoms with Crippen molar-refractivity contribution in [3.05, 3.63) is 97.1 Å². The summed E-state index contributed by atoms with van der Waals surface area (Å²) in [6.45, 7) is 13.0. The van der Waals surface area contributed by atoms with Gasteiger partial charge in [0, 0.05) is 26.2 Å². The van der Waals surface area contributed by atoms with Gasteiger partial charge in [-0.2, -0.15) is 0 Å². The molecule has 8 nitrogen and oxygen atoms in total. The van der Waals surface area contributed by atoms with E-state index in [9.17, 15) is 19.5 Å². The third-order valence-corrected chi connectivity index (χ3v) is 9.95. The van der Waals surface area contributed by atoms with Crippen molar-refractivity contribution in [2.45, 2.75) is 75.8 Å². The van der Waals surface area contributed by atoms with Gasteiger partial charge in [-0.1, -0.05) is 86.2 Å². The molecule has 0 radical (unpaired) electrons. The van der Waals surface area contributed by atoms with E-state index in [1.54, 1.807) is 26.9 Å². The van der Waals surface area contributed by atoms with Crippen molar-refractivity contribution < 1.29 is 24.2 Å². The van der Waals surface area contributed by atoms with Crippen LogP contribution in [0.5, 0.6) is 0 Å². The van der Waals surface area contributed by atoms with Crippen molar-refractivity contribution in [2.24, 2.45) is 11.8 Å². The highest BCUT2D eigenvalue weighted by Crippen LogP contribution is 2.64. The number of carbonyl (C=O) groups excluding carboxylic acids is 3. The third kappa shape index (κ3) is 5.98. The van der Waals surface area contributed by atoms with Crippen LogP contribution in [0, 0.1) is 11.8 Å². The van der Waals surface area contributed by atoms with Gasteiger partial charge in [-0.25, -0.2) is 0 Å². The van der Waals surface area contributed by atoms with Crippen LogP contribution in [0.4, 0.5) is 0 Å². The van der Waals surface area contributed by atoms with Gasteiger partial charge in [0.25, 0.3) is 0 Å². The van der Waals surface area contributed by atoms with E-state index in [0.29, 0.717) is 45.4 Å². The highest BCUT2D eigenvalue weighted by atomic mass is 16.5. The quantitative estimate of drug-likeness (QED) is 0.301. The first-order valence-electron chi connectivity index (χ1n) is 16.2. The van der Waals surface area contributed by atoms with Crippen molar-refractivity contribution in [3.63, 3.8) is 0 Å². The minimum atomic E-state index is -1.18. The van der Waals surface area contributed by atoms with Crippen LogP contribution in [-0.2, 0) is 32.1 Å². The fourth-order valence-corrected chi connectivity index (χ4v) is 7.91. The Kier molecular flexibility index (Phi) is 9.94. The number of unbranched alkanes of at least 4 members (excludes halogenated alkanes) is 1. The number of likely N-dealkylation sites (tertiary alicyclic amines) is 1. The Morgan fingerprint density at radius 3 is 2.22 bits per heavy atom. The molecule has 2 bridgehead atoms.